The minimum Gasteiger partial charge on any atom is -0.445 e. The van der Waals surface area contributed by atoms with Crippen LogP contribution in [0.1, 0.15) is 24.7 Å². The molecule has 0 saturated heterocycles. The molecule has 0 amide bonds. The monoisotopic (exact) mass is 411 g/mol. The second-order valence-electron chi connectivity index (χ2n) is 5.34. The Bertz CT molecular complexity index is 946. The Labute approximate surface area is 152 Å². The van der Waals surface area contributed by atoms with Crippen molar-refractivity contribution in [2.45, 2.75) is 25.7 Å². The van der Waals surface area contributed by atoms with E-state index in [2.05, 4.69) is 9.72 Å². The lowest BCUT2D eigenvalue weighted by atomic mass is 10.1. The molecule has 0 spiro atoms. The molecule has 0 N–H and O–H groups in total. The van der Waals surface area contributed by atoms with Gasteiger partial charge in [0.1, 0.15) is 6.61 Å². The standard InChI is InChI=1S/C15H11F6N3O4/c1-2-3-4-5-28-13(25)23-11-9(22-12(23)15(19,20)21)6-8(14(16,17)18)7-10(11)24(26)27/h3-4,6-7H,2,5H2,1H3/b4-3+. The lowest BCUT2D eigenvalue weighted by Gasteiger charge is -2.10. The second-order valence-corrected chi connectivity index (χ2v) is 5.34. The third-order valence-electron chi connectivity index (χ3n) is 3.40. The lowest BCUT2D eigenvalue weighted by Crippen LogP contribution is -2.22. The van der Waals surface area contributed by atoms with Crippen LogP contribution in [0.2, 0.25) is 0 Å². The van der Waals surface area contributed by atoms with Crippen molar-refractivity contribution >= 4 is 22.8 Å². The van der Waals surface area contributed by atoms with Crippen LogP contribution in [0.3, 0.4) is 0 Å². The molecular weight excluding hydrogens is 400 g/mol. The number of allylic oxidation sites excluding steroid dienone is 1. The van der Waals surface area contributed by atoms with Gasteiger partial charge in [-0.3, -0.25) is 10.1 Å². The van der Waals surface area contributed by atoms with Crippen molar-refractivity contribution in [3.8, 4) is 0 Å². The van der Waals surface area contributed by atoms with Crippen molar-refractivity contribution in [3.63, 3.8) is 0 Å². The summed E-state index contributed by atoms with van der Waals surface area (Å²) < 4.78 is 82.9. The highest BCUT2D eigenvalue weighted by Gasteiger charge is 2.43. The van der Waals surface area contributed by atoms with Gasteiger partial charge in [0, 0.05) is 6.07 Å². The summed E-state index contributed by atoms with van der Waals surface area (Å²) in [5.41, 5.74) is -5.01. The molecule has 0 saturated carbocycles. The summed E-state index contributed by atoms with van der Waals surface area (Å²) in [7, 11) is 0. The molecule has 0 unspecified atom stereocenters. The molecule has 0 radical (unpaired) electrons. The SMILES string of the molecule is CC/C=C/COC(=O)n1c(C(F)(F)F)nc2cc(C(F)(F)F)cc([N+](=O)[O-])c21. The van der Waals surface area contributed by atoms with Crippen LogP contribution in [0.15, 0.2) is 24.3 Å². The van der Waals surface area contributed by atoms with Crippen molar-refractivity contribution in [2.24, 2.45) is 0 Å². The Balaban J connectivity index is 2.77. The Hall–Kier alpha value is -3.12. The van der Waals surface area contributed by atoms with Crippen LogP contribution in [0.5, 0.6) is 0 Å². The van der Waals surface area contributed by atoms with Crippen LogP contribution in [-0.2, 0) is 17.1 Å². The van der Waals surface area contributed by atoms with Gasteiger partial charge in [0.25, 0.3) is 5.69 Å². The molecule has 1 aromatic carbocycles. The second kappa shape index (κ2) is 7.48. The number of non-ortho nitro benzene ring substituents is 1. The van der Waals surface area contributed by atoms with E-state index < -0.39 is 58.1 Å². The number of benzene rings is 1. The van der Waals surface area contributed by atoms with E-state index in [1.807, 2.05) is 0 Å². The molecule has 0 bridgehead atoms. The highest BCUT2D eigenvalue weighted by Crippen LogP contribution is 2.39. The van der Waals surface area contributed by atoms with E-state index in [1.165, 1.54) is 6.08 Å². The molecule has 0 atom stereocenters. The first-order chi connectivity index (χ1) is 12.9. The molecule has 0 aliphatic rings. The van der Waals surface area contributed by atoms with E-state index in [4.69, 9.17) is 0 Å². The zero-order valence-electron chi connectivity index (χ0n) is 14.0. The van der Waals surface area contributed by atoms with E-state index >= 15 is 0 Å². The van der Waals surface area contributed by atoms with Gasteiger partial charge in [-0.25, -0.2) is 14.3 Å². The first-order valence-corrected chi connectivity index (χ1v) is 7.55. The maximum Gasteiger partial charge on any atom is 0.450 e. The summed E-state index contributed by atoms with van der Waals surface area (Å²) in [5.74, 6) is -1.94. The predicted octanol–water partition coefficient (Wildman–Crippen LogP) is 4.93. The van der Waals surface area contributed by atoms with Crippen molar-refractivity contribution in [3.05, 3.63) is 45.8 Å². The number of nitro benzene ring substituents is 1. The Kier molecular flexibility index (Phi) is 5.66. The number of halogens is 6. The number of hydrogen-bond acceptors (Lipinski definition) is 5. The minimum atomic E-state index is -5.29. The van der Waals surface area contributed by atoms with Gasteiger partial charge in [-0.15, -0.1) is 0 Å². The Morgan fingerprint density at radius 3 is 2.36 bits per heavy atom. The first kappa shape index (κ1) is 21.2. The first-order valence-electron chi connectivity index (χ1n) is 7.55. The topological polar surface area (TPSA) is 87.3 Å². The van der Waals surface area contributed by atoms with Gasteiger partial charge in [0.05, 0.1) is 16.0 Å². The van der Waals surface area contributed by atoms with Gasteiger partial charge in [-0.1, -0.05) is 19.1 Å². The normalized spacial score (nSPS) is 12.7. The number of carbonyl (C=O) groups is 1. The summed E-state index contributed by atoms with van der Waals surface area (Å²) in [4.78, 5) is 25.0. The highest BCUT2D eigenvalue weighted by atomic mass is 19.4. The maximum atomic E-state index is 13.3. The van der Waals surface area contributed by atoms with Crippen LogP contribution < -0.4 is 0 Å². The average molecular weight is 411 g/mol. The minimum absolute atomic E-state index is 0.0327. The van der Waals surface area contributed by atoms with Gasteiger partial charge >= 0.3 is 18.4 Å². The summed E-state index contributed by atoms with van der Waals surface area (Å²) in [6, 6.07) is 0.225. The molecular formula is C15H11F6N3O4. The van der Waals surface area contributed by atoms with Crippen molar-refractivity contribution in [1.29, 1.82) is 0 Å². The van der Waals surface area contributed by atoms with Crippen LogP contribution >= 0.6 is 0 Å². The zero-order chi connectivity index (χ0) is 21.3. The number of ether oxygens (including phenoxy) is 1. The van der Waals surface area contributed by atoms with Crippen molar-refractivity contribution in [2.75, 3.05) is 6.61 Å². The number of rotatable bonds is 4. The average Bonchev–Trinajstić information content (AvgIpc) is 2.96. The van der Waals surface area contributed by atoms with Crippen molar-refractivity contribution in [1.82, 2.24) is 9.55 Å². The summed E-state index contributed by atoms with van der Waals surface area (Å²) in [6.45, 7) is 1.29. The van der Waals surface area contributed by atoms with Gasteiger partial charge in [0.15, 0.2) is 5.52 Å². The smallest absolute Gasteiger partial charge is 0.445 e. The summed E-state index contributed by atoms with van der Waals surface area (Å²) >= 11 is 0. The number of aromatic nitrogens is 2. The number of nitro groups is 1. The molecule has 28 heavy (non-hydrogen) atoms. The van der Waals surface area contributed by atoms with Crippen LogP contribution in [0.4, 0.5) is 36.8 Å². The molecule has 1 heterocycles. The number of alkyl halides is 6. The van der Waals surface area contributed by atoms with E-state index in [1.54, 1.807) is 13.0 Å². The van der Waals surface area contributed by atoms with Gasteiger partial charge < -0.3 is 4.74 Å². The summed E-state index contributed by atoms with van der Waals surface area (Å²) in [6.07, 6.45) is -8.62. The Morgan fingerprint density at radius 1 is 1.21 bits per heavy atom. The van der Waals surface area contributed by atoms with Crippen LogP contribution in [0, 0.1) is 10.1 Å². The molecule has 2 aromatic rings. The fourth-order valence-corrected chi connectivity index (χ4v) is 2.28. The fraction of sp³-hybridized carbons (Fsp3) is 0.333. The molecule has 13 heteroatoms. The number of hydrogen-bond donors (Lipinski definition) is 0. The highest BCUT2D eigenvalue weighted by molar-refractivity contribution is 5.94. The van der Waals surface area contributed by atoms with E-state index in [0.29, 0.717) is 6.42 Å². The number of fused-ring (bicyclic) bond motifs is 1. The number of nitrogens with zero attached hydrogens (tertiary/aromatic N) is 3. The van der Waals surface area contributed by atoms with Gasteiger partial charge in [-0.2, -0.15) is 26.3 Å². The van der Waals surface area contributed by atoms with E-state index in [0.717, 1.165) is 0 Å². The molecule has 0 aliphatic heterocycles. The molecule has 152 valence electrons. The summed E-state index contributed by atoms with van der Waals surface area (Å²) in [5, 5.41) is 11.2. The third kappa shape index (κ3) is 4.23. The fourth-order valence-electron chi connectivity index (χ4n) is 2.28. The molecule has 0 fully saturated rings. The number of imidazole rings is 1. The van der Waals surface area contributed by atoms with Crippen LogP contribution in [0.25, 0.3) is 11.0 Å². The van der Waals surface area contributed by atoms with E-state index in [-0.39, 0.29) is 16.7 Å². The largest absolute Gasteiger partial charge is 0.450 e. The third-order valence-corrected chi connectivity index (χ3v) is 3.40. The molecule has 7 nitrogen and oxygen atoms in total. The Morgan fingerprint density at radius 2 is 1.86 bits per heavy atom. The van der Waals surface area contributed by atoms with Crippen LogP contribution in [-0.4, -0.2) is 27.2 Å². The van der Waals surface area contributed by atoms with Gasteiger partial charge in [-0.05, 0) is 12.5 Å². The maximum absolute atomic E-state index is 13.3. The molecule has 1 aromatic heterocycles. The van der Waals surface area contributed by atoms with E-state index in [9.17, 15) is 41.3 Å². The quantitative estimate of drug-likeness (QED) is 0.308. The van der Waals surface area contributed by atoms with Crippen molar-refractivity contribution < 1.29 is 40.8 Å². The molecule has 0 aliphatic carbocycles. The number of carbonyl (C=O) groups excluding carboxylic acids is 1. The zero-order valence-corrected chi connectivity index (χ0v) is 14.0. The van der Waals surface area contributed by atoms with Gasteiger partial charge in [0.2, 0.25) is 5.82 Å². The predicted molar refractivity (Wildman–Crippen MR) is 82.6 cm³/mol. The lowest BCUT2D eigenvalue weighted by molar-refractivity contribution is -0.383. The molecule has 2 rings (SSSR count).